The standard InChI is InChI=1S/C13H8N6O2/c20-13(21)10-7-9(3-6-15-10)12-18-16-11(17-19-12)8-1-4-14-5-2-8/h1-7H,(H,20,21). The second kappa shape index (κ2) is 5.37. The van der Waals surface area contributed by atoms with Gasteiger partial charge < -0.3 is 5.11 Å². The van der Waals surface area contributed by atoms with Crippen LogP contribution in [0.5, 0.6) is 0 Å². The van der Waals surface area contributed by atoms with E-state index in [1.165, 1.54) is 12.3 Å². The number of carboxylic acids is 1. The molecule has 0 aromatic carbocycles. The van der Waals surface area contributed by atoms with Gasteiger partial charge in [-0.1, -0.05) is 0 Å². The fourth-order valence-electron chi connectivity index (χ4n) is 1.65. The van der Waals surface area contributed by atoms with Gasteiger partial charge in [-0.15, -0.1) is 20.4 Å². The normalized spacial score (nSPS) is 10.3. The van der Waals surface area contributed by atoms with Crippen LogP contribution >= 0.6 is 0 Å². The average Bonchev–Trinajstić information content (AvgIpc) is 2.56. The molecule has 0 spiro atoms. The summed E-state index contributed by atoms with van der Waals surface area (Å²) in [5.74, 6) is -0.516. The minimum atomic E-state index is -1.12. The highest BCUT2D eigenvalue weighted by atomic mass is 16.4. The molecule has 0 radical (unpaired) electrons. The third kappa shape index (κ3) is 2.68. The number of hydrogen-bond donors (Lipinski definition) is 1. The predicted octanol–water partition coefficient (Wildman–Crippen LogP) is 1.09. The summed E-state index contributed by atoms with van der Waals surface area (Å²) in [5, 5.41) is 24.8. The van der Waals surface area contributed by atoms with Crippen molar-refractivity contribution in [3.05, 3.63) is 48.5 Å². The smallest absolute Gasteiger partial charge is 0.354 e. The highest BCUT2D eigenvalue weighted by molar-refractivity contribution is 5.86. The summed E-state index contributed by atoms with van der Waals surface area (Å²) >= 11 is 0. The molecule has 0 atom stereocenters. The molecule has 0 aliphatic rings. The van der Waals surface area contributed by atoms with Gasteiger partial charge >= 0.3 is 5.97 Å². The first kappa shape index (κ1) is 12.7. The number of rotatable bonds is 3. The summed E-state index contributed by atoms with van der Waals surface area (Å²) in [6.45, 7) is 0. The van der Waals surface area contributed by atoms with Crippen LogP contribution in [0.15, 0.2) is 42.9 Å². The number of nitrogens with zero attached hydrogens (tertiary/aromatic N) is 6. The van der Waals surface area contributed by atoms with Crippen LogP contribution in [-0.2, 0) is 0 Å². The summed E-state index contributed by atoms with van der Waals surface area (Å²) in [5.41, 5.74) is 1.15. The van der Waals surface area contributed by atoms with Crippen molar-refractivity contribution >= 4 is 5.97 Å². The van der Waals surface area contributed by atoms with Crippen LogP contribution in [0.2, 0.25) is 0 Å². The van der Waals surface area contributed by atoms with E-state index in [0.29, 0.717) is 11.4 Å². The molecule has 0 amide bonds. The molecular formula is C13H8N6O2. The lowest BCUT2D eigenvalue weighted by molar-refractivity contribution is 0.0690. The molecule has 8 heteroatoms. The van der Waals surface area contributed by atoms with Gasteiger partial charge in [0.15, 0.2) is 0 Å². The highest BCUT2D eigenvalue weighted by Gasteiger charge is 2.10. The Labute approximate surface area is 118 Å². The van der Waals surface area contributed by atoms with E-state index in [0.717, 1.165) is 5.56 Å². The van der Waals surface area contributed by atoms with Crippen molar-refractivity contribution in [3.8, 4) is 22.8 Å². The van der Waals surface area contributed by atoms with Crippen LogP contribution < -0.4 is 0 Å². The van der Waals surface area contributed by atoms with Gasteiger partial charge in [0, 0.05) is 29.7 Å². The first-order valence-electron chi connectivity index (χ1n) is 5.91. The van der Waals surface area contributed by atoms with Gasteiger partial charge in [0.1, 0.15) is 5.69 Å². The lowest BCUT2D eigenvalue weighted by atomic mass is 10.2. The second-order valence-corrected chi connectivity index (χ2v) is 4.02. The van der Waals surface area contributed by atoms with E-state index in [2.05, 4.69) is 30.4 Å². The molecule has 0 unspecified atom stereocenters. The maximum Gasteiger partial charge on any atom is 0.354 e. The monoisotopic (exact) mass is 280 g/mol. The van der Waals surface area contributed by atoms with E-state index >= 15 is 0 Å². The van der Waals surface area contributed by atoms with Crippen molar-refractivity contribution in [2.75, 3.05) is 0 Å². The Bertz CT molecular complexity index is 776. The Balaban J connectivity index is 1.94. The Kier molecular flexibility index (Phi) is 3.26. The molecule has 102 valence electrons. The minimum absolute atomic E-state index is 0.0886. The van der Waals surface area contributed by atoms with E-state index in [4.69, 9.17) is 5.11 Å². The molecule has 0 saturated carbocycles. The average molecular weight is 280 g/mol. The maximum atomic E-state index is 10.9. The predicted molar refractivity (Wildman–Crippen MR) is 71.0 cm³/mol. The Hall–Kier alpha value is -3.29. The van der Waals surface area contributed by atoms with Gasteiger partial charge in [0.05, 0.1) is 0 Å². The number of aromatic nitrogens is 6. The number of aromatic carboxylic acids is 1. The number of hydrogen-bond acceptors (Lipinski definition) is 7. The molecule has 0 bridgehead atoms. The molecule has 1 N–H and O–H groups in total. The van der Waals surface area contributed by atoms with E-state index in [-0.39, 0.29) is 11.5 Å². The molecule has 0 aliphatic heterocycles. The first-order chi connectivity index (χ1) is 10.2. The zero-order valence-electron chi connectivity index (χ0n) is 10.6. The fourth-order valence-corrected chi connectivity index (χ4v) is 1.65. The molecular weight excluding hydrogens is 272 g/mol. The van der Waals surface area contributed by atoms with Crippen molar-refractivity contribution < 1.29 is 9.90 Å². The molecule has 21 heavy (non-hydrogen) atoms. The number of carbonyl (C=O) groups is 1. The molecule has 3 aromatic heterocycles. The van der Waals surface area contributed by atoms with Gasteiger partial charge in [-0.05, 0) is 24.3 Å². The molecule has 3 aromatic rings. The lowest BCUT2D eigenvalue weighted by Gasteiger charge is -2.01. The zero-order chi connectivity index (χ0) is 14.7. The van der Waals surface area contributed by atoms with E-state index < -0.39 is 5.97 Å². The van der Waals surface area contributed by atoms with Crippen molar-refractivity contribution in [1.29, 1.82) is 0 Å². The topological polar surface area (TPSA) is 115 Å². The Morgan fingerprint density at radius 1 is 0.857 bits per heavy atom. The Morgan fingerprint density at radius 3 is 2.05 bits per heavy atom. The molecule has 0 aliphatic carbocycles. The zero-order valence-corrected chi connectivity index (χ0v) is 10.6. The van der Waals surface area contributed by atoms with Gasteiger partial charge in [0.25, 0.3) is 0 Å². The van der Waals surface area contributed by atoms with Crippen molar-refractivity contribution in [3.63, 3.8) is 0 Å². The van der Waals surface area contributed by atoms with E-state index in [9.17, 15) is 4.79 Å². The van der Waals surface area contributed by atoms with Crippen LogP contribution in [0.25, 0.3) is 22.8 Å². The van der Waals surface area contributed by atoms with Crippen LogP contribution in [0.1, 0.15) is 10.5 Å². The third-order valence-corrected chi connectivity index (χ3v) is 2.65. The van der Waals surface area contributed by atoms with Crippen LogP contribution in [-0.4, -0.2) is 41.4 Å². The van der Waals surface area contributed by atoms with Crippen molar-refractivity contribution in [2.45, 2.75) is 0 Å². The summed E-state index contributed by atoms with van der Waals surface area (Å²) in [6.07, 6.45) is 4.61. The summed E-state index contributed by atoms with van der Waals surface area (Å²) in [7, 11) is 0. The SMILES string of the molecule is O=C(O)c1cc(-c2nnc(-c3ccncc3)nn2)ccn1. The third-order valence-electron chi connectivity index (χ3n) is 2.65. The van der Waals surface area contributed by atoms with Gasteiger partial charge in [-0.3, -0.25) is 4.98 Å². The lowest BCUT2D eigenvalue weighted by Crippen LogP contribution is -2.02. The van der Waals surface area contributed by atoms with Gasteiger partial charge in [-0.25, -0.2) is 9.78 Å². The number of pyridine rings is 2. The highest BCUT2D eigenvalue weighted by Crippen LogP contribution is 2.15. The van der Waals surface area contributed by atoms with Gasteiger partial charge in [-0.2, -0.15) is 0 Å². The summed E-state index contributed by atoms with van der Waals surface area (Å²) in [6, 6.07) is 6.45. The number of carboxylic acid groups (broad SMARTS) is 1. The van der Waals surface area contributed by atoms with E-state index in [1.807, 2.05) is 0 Å². The van der Waals surface area contributed by atoms with Crippen molar-refractivity contribution in [1.82, 2.24) is 30.4 Å². The first-order valence-corrected chi connectivity index (χ1v) is 5.91. The molecule has 3 heterocycles. The second-order valence-electron chi connectivity index (χ2n) is 4.02. The fraction of sp³-hybridized carbons (Fsp3) is 0. The Morgan fingerprint density at radius 2 is 1.43 bits per heavy atom. The van der Waals surface area contributed by atoms with Gasteiger partial charge in [0.2, 0.25) is 11.6 Å². The minimum Gasteiger partial charge on any atom is -0.477 e. The van der Waals surface area contributed by atoms with Crippen LogP contribution in [0.4, 0.5) is 0 Å². The summed E-state index contributed by atoms with van der Waals surface area (Å²) in [4.78, 5) is 18.5. The maximum absolute atomic E-state index is 10.9. The van der Waals surface area contributed by atoms with Crippen molar-refractivity contribution in [2.24, 2.45) is 0 Å². The van der Waals surface area contributed by atoms with E-state index in [1.54, 1.807) is 30.6 Å². The summed E-state index contributed by atoms with van der Waals surface area (Å²) < 4.78 is 0. The van der Waals surface area contributed by atoms with Crippen LogP contribution in [0, 0.1) is 0 Å². The molecule has 0 fully saturated rings. The quantitative estimate of drug-likeness (QED) is 0.758. The van der Waals surface area contributed by atoms with Crippen LogP contribution in [0.3, 0.4) is 0 Å². The molecule has 0 saturated heterocycles. The molecule has 8 nitrogen and oxygen atoms in total. The molecule has 3 rings (SSSR count). The largest absolute Gasteiger partial charge is 0.477 e.